The van der Waals surface area contributed by atoms with E-state index < -0.39 is 0 Å². The molecule has 1 fully saturated rings. The first-order valence-electron chi connectivity index (χ1n) is 7.09. The molecule has 106 valence electrons. The van der Waals surface area contributed by atoms with Crippen LogP contribution in [0.4, 0.5) is 0 Å². The van der Waals surface area contributed by atoms with Gasteiger partial charge in [-0.2, -0.15) is 4.98 Å². The molecule has 1 aliphatic rings. The summed E-state index contributed by atoms with van der Waals surface area (Å²) in [6, 6.07) is 0.598. The van der Waals surface area contributed by atoms with Crippen LogP contribution in [0, 0.1) is 5.92 Å². The van der Waals surface area contributed by atoms with Crippen LogP contribution >= 0.6 is 0 Å². The summed E-state index contributed by atoms with van der Waals surface area (Å²) in [5.41, 5.74) is 0. The lowest BCUT2D eigenvalue weighted by molar-refractivity contribution is -0.116. The minimum absolute atomic E-state index is 0.0545. The van der Waals surface area contributed by atoms with Crippen molar-refractivity contribution in [2.75, 3.05) is 13.1 Å². The van der Waals surface area contributed by atoms with Gasteiger partial charge in [0.2, 0.25) is 5.89 Å². The largest absolute Gasteiger partial charge is 0.339 e. The molecule has 0 radical (unpaired) electrons. The van der Waals surface area contributed by atoms with E-state index in [9.17, 15) is 4.79 Å². The van der Waals surface area contributed by atoms with Crippen LogP contribution in [0.3, 0.4) is 0 Å². The van der Waals surface area contributed by atoms with E-state index in [1.807, 2.05) is 0 Å². The Morgan fingerprint density at radius 2 is 2.32 bits per heavy atom. The summed E-state index contributed by atoms with van der Waals surface area (Å²) in [7, 11) is 0. The Bertz CT molecular complexity index is 428. The van der Waals surface area contributed by atoms with E-state index in [0.29, 0.717) is 17.9 Å². The van der Waals surface area contributed by atoms with E-state index >= 15 is 0 Å². The molecule has 5 nitrogen and oxygen atoms in total. The molecule has 19 heavy (non-hydrogen) atoms. The van der Waals surface area contributed by atoms with Crippen LogP contribution in [0.15, 0.2) is 4.52 Å². The van der Waals surface area contributed by atoms with Crippen LogP contribution in [-0.2, 0) is 17.6 Å². The molecule has 5 heteroatoms. The molecule has 0 aromatic carbocycles. The summed E-state index contributed by atoms with van der Waals surface area (Å²) < 4.78 is 5.10. The quantitative estimate of drug-likeness (QED) is 0.813. The fraction of sp³-hybridized carbons (Fsp3) is 0.786. The Kier molecular flexibility index (Phi) is 4.69. The van der Waals surface area contributed by atoms with Gasteiger partial charge in [-0.05, 0) is 46.1 Å². The van der Waals surface area contributed by atoms with Crippen molar-refractivity contribution in [2.45, 2.75) is 52.5 Å². The molecule has 0 aliphatic carbocycles. The average Bonchev–Trinajstić information content (AvgIpc) is 2.76. The lowest BCUT2D eigenvalue weighted by Crippen LogP contribution is -2.40. The summed E-state index contributed by atoms with van der Waals surface area (Å²) in [4.78, 5) is 17.8. The normalized spacial score (nSPS) is 20.9. The Labute approximate surface area is 114 Å². The van der Waals surface area contributed by atoms with Gasteiger partial charge in [-0.25, -0.2) is 0 Å². The molecular weight excluding hydrogens is 242 g/mol. The topological polar surface area (TPSA) is 59.2 Å². The standard InChI is InChI=1S/C14H23N3O2/c1-10(2)17-6-4-5-12(9-17)8-13-15-14(19-16-13)7-11(3)18/h10,12H,4-9H2,1-3H3. The summed E-state index contributed by atoms with van der Waals surface area (Å²) in [6.07, 6.45) is 3.56. The highest BCUT2D eigenvalue weighted by atomic mass is 16.5. The van der Waals surface area contributed by atoms with Crippen molar-refractivity contribution in [1.82, 2.24) is 15.0 Å². The zero-order chi connectivity index (χ0) is 13.8. The maximum Gasteiger partial charge on any atom is 0.234 e. The Morgan fingerprint density at radius 3 is 3.00 bits per heavy atom. The third-order valence-corrected chi connectivity index (χ3v) is 3.66. The van der Waals surface area contributed by atoms with Gasteiger partial charge in [0.1, 0.15) is 5.78 Å². The second-order valence-corrected chi connectivity index (χ2v) is 5.78. The number of likely N-dealkylation sites (tertiary alicyclic amines) is 1. The maximum absolute atomic E-state index is 11.0. The molecular formula is C14H23N3O2. The van der Waals surface area contributed by atoms with E-state index in [0.717, 1.165) is 18.8 Å². The first-order valence-corrected chi connectivity index (χ1v) is 7.09. The predicted octanol–water partition coefficient (Wildman–Crippen LogP) is 1.86. The Morgan fingerprint density at radius 1 is 1.53 bits per heavy atom. The Balaban J connectivity index is 1.89. The molecule has 1 aromatic rings. The van der Waals surface area contributed by atoms with Crippen molar-refractivity contribution < 1.29 is 9.32 Å². The van der Waals surface area contributed by atoms with Crippen LogP contribution in [0.1, 0.15) is 45.3 Å². The van der Waals surface area contributed by atoms with Gasteiger partial charge in [0.25, 0.3) is 0 Å². The molecule has 0 saturated carbocycles. The highest BCUT2D eigenvalue weighted by Gasteiger charge is 2.23. The van der Waals surface area contributed by atoms with Crippen molar-refractivity contribution in [1.29, 1.82) is 0 Å². The first kappa shape index (κ1) is 14.2. The summed E-state index contributed by atoms with van der Waals surface area (Å²) in [5, 5.41) is 3.98. The number of carbonyl (C=O) groups excluding carboxylic acids is 1. The number of rotatable bonds is 5. The van der Waals surface area contributed by atoms with Crippen LogP contribution in [0.25, 0.3) is 0 Å². The van der Waals surface area contributed by atoms with Gasteiger partial charge in [-0.1, -0.05) is 5.16 Å². The Hall–Kier alpha value is -1.23. The molecule has 0 amide bonds. The van der Waals surface area contributed by atoms with E-state index in [-0.39, 0.29) is 12.2 Å². The van der Waals surface area contributed by atoms with E-state index in [2.05, 4.69) is 28.9 Å². The minimum atomic E-state index is 0.0545. The van der Waals surface area contributed by atoms with Gasteiger partial charge < -0.3 is 9.42 Å². The summed E-state index contributed by atoms with van der Waals surface area (Å²) in [5.74, 6) is 1.84. The van der Waals surface area contributed by atoms with Gasteiger partial charge >= 0.3 is 0 Å². The zero-order valence-corrected chi connectivity index (χ0v) is 12.1. The van der Waals surface area contributed by atoms with Gasteiger partial charge in [-0.3, -0.25) is 4.79 Å². The smallest absolute Gasteiger partial charge is 0.234 e. The minimum Gasteiger partial charge on any atom is -0.339 e. The average molecular weight is 265 g/mol. The molecule has 1 aromatic heterocycles. The van der Waals surface area contributed by atoms with E-state index in [1.165, 1.54) is 26.3 Å². The lowest BCUT2D eigenvalue weighted by atomic mass is 9.94. The molecule has 2 rings (SSSR count). The fourth-order valence-corrected chi connectivity index (χ4v) is 2.65. The fourth-order valence-electron chi connectivity index (χ4n) is 2.65. The first-order chi connectivity index (χ1) is 9.04. The molecule has 0 N–H and O–H groups in total. The predicted molar refractivity (Wildman–Crippen MR) is 71.8 cm³/mol. The van der Waals surface area contributed by atoms with Crippen molar-refractivity contribution in [2.24, 2.45) is 5.92 Å². The molecule has 0 bridgehead atoms. The van der Waals surface area contributed by atoms with Crippen LogP contribution in [-0.4, -0.2) is 40.0 Å². The van der Waals surface area contributed by atoms with E-state index in [4.69, 9.17) is 4.52 Å². The lowest BCUT2D eigenvalue weighted by Gasteiger charge is -2.35. The zero-order valence-electron chi connectivity index (χ0n) is 12.1. The van der Waals surface area contributed by atoms with Crippen LogP contribution in [0.2, 0.25) is 0 Å². The van der Waals surface area contributed by atoms with Crippen LogP contribution < -0.4 is 0 Å². The number of aromatic nitrogens is 2. The monoisotopic (exact) mass is 265 g/mol. The molecule has 0 spiro atoms. The van der Waals surface area contributed by atoms with Crippen LogP contribution in [0.5, 0.6) is 0 Å². The summed E-state index contributed by atoms with van der Waals surface area (Å²) in [6.45, 7) is 8.30. The second kappa shape index (κ2) is 6.28. The second-order valence-electron chi connectivity index (χ2n) is 5.78. The maximum atomic E-state index is 11.0. The number of hydrogen-bond donors (Lipinski definition) is 0. The summed E-state index contributed by atoms with van der Waals surface area (Å²) >= 11 is 0. The van der Waals surface area contributed by atoms with Gasteiger partial charge in [-0.15, -0.1) is 0 Å². The molecule has 1 unspecified atom stereocenters. The number of piperidine rings is 1. The van der Waals surface area contributed by atoms with Gasteiger partial charge in [0.05, 0.1) is 6.42 Å². The van der Waals surface area contributed by atoms with Crippen molar-refractivity contribution in [3.8, 4) is 0 Å². The highest BCUT2D eigenvalue weighted by molar-refractivity contribution is 5.77. The highest BCUT2D eigenvalue weighted by Crippen LogP contribution is 2.21. The third-order valence-electron chi connectivity index (χ3n) is 3.66. The van der Waals surface area contributed by atoms with Crippen molar-refractivity contribution in [3.63, 3.8) is 0 Å². The number of Topliss-reactive ketones (excluding diaryl/α,β-unsaturated/α-hetero) is 1. The molecule has 1 saturated heterocycles. The number of nitrogens with zero attached hydrogens (tertiary/aromatic N) is 3. The molecule has 2 heterocycles. The number of hydrogen-bond acceptors (Lipinski definition) is 5. The van der Waals surface area contributed by atoms with Gasteiger partial charge in [0.15, 0.2) is 5.82 Å². The molecule has 1 aliphatic heterocycles. The van der Waals surface area contributed by atoms with Gasteiger partial charge in [0, 0.05) is 19.0 Å². The van der Waals surface area contributed by atoms with E-state index in [1.54, 1.807) is 0 Å². The van der Waals surface area contributed by atoms with Crippen molar-refractivity contribution in [3.05, 3.63) is 11.7 Å². The number of ketones is 1. The third kappa shape index (κ3) is 4.13. The van der Waals surface area contributed by atoms with Crippen molar-refractivity contribution >= 4 is 5.78 Å². The number of carbonyl (C=O) groups is 1. The SMILES string of the molecule is CC(=O)Cc1nc(CC2CCCN(C(C)C)C2)no1. The molecule has 1 atom stereocenters.